The molecule has 1 atom stereocenters. The van der Waals surface area contributed by atoms with Gasteiger partial charge in [-0.15, -0.1) is 0 Å². The molecule has 0 aliphatic carbocycles. The number of hydrogen-bond acceptors (Lipinski definition) is 3. The molecule has 0 bridgehead atoms. The van der Waals surface area contributed by atoms with Gasteiger partial charge in [0.2, 0.25) is 0 Å². The van der Waals surface area contributed by atoms with Crippen LogP contribution in [0.25, 0.3) is 0 Å². The molecule has 1 aromatic rings. The zero-order valence-corrected chi connectivity index (χ0v) is 12.9. The maximum absolute atomic E-state index is 11.6. The summed E-state index contributed by atoms with van der Waals surface area (Å²) in [7, 11) is 1.42. The first kappa shape index (κ1) is 15.2. The minimum atomic E-state index is -0.516. The number of hydrogen-bond donors (Lipinski definition) is 1. The molecule has 3 nitrogen and oxygen atoms in total. The maximum Gasteiger partial charge on any atom is 0.312 e. The highest BCUT2D eigenvalue weighted by Crippen LogP contribution is 2.20. The molecule has 0 heterocycles. The van der Waals surface area contributed by atoms with Crippen molar-refractivity contribution in [3.8, 4) is 0 Å². The molecule has 18 heavy (non-hydrogen) atoms. The lowest BCUT2D eigenvalue weighted by Crippen LogP contribution is -2.37. The summed E-state index contributed by atoms with van der Waals surface area (Å²) in [5.74, 6) is -0.196. The molecule has 1 aromatic carbocycles. The van der Waals surface area contributed by atoms with Crippen LogP contribution in [0.2, 0.25) is 0 Å². The average molecular weight is 314 g/mol. The van der Waals surface area contributed by atoms with Crippen LogP contribution >= 0.6 is 15.9 Å². The number of benzene rings is 1. The van der Waals surface area contributed by atoms with Gasteiger partial charge in [0, 0.05) is 17.1 Å². The largest absolute Gasteiger partial charge is 0.469 e. The molecule has 0 radical (unpaired) electrons. The van der Waals surface area contributed by atoms with Crippen molar-refractivity contribution < 1.29 is 9.53 Å². The monoisotopic (exact) mass is 313 g/mol. The van der Waals surface area contributed by atoms with E-state index in [9.17, 15) is 4.79 Å². The standard InChI is InChI=1S/C14H20BrNO2/c1-10(11-5-7-12(15)8-6-11)16-9-14(2,3)13(17)18-4/h5-8,10,16H,9H2,1-4H3. The van der Waals surface area contributed by atoms with Gasteiger partial charge in [0.25, 0.3) is 0 Å². The Kier molecular flexibility index (Phi) is 5.35. The molecule has 0 saturated heterocycles. The summed E-state index contributed by atoms with van der Waals surface area (Å²) < 4.78 is 5.85. The summed E-state index contributed by atoms with van der Waals surface area (Å²) in [6.45, 7) is 6.41. The first-order valence-corrected chi connectivity index (χ1v) is 6.73. The van der Waals surface area contributed by atoms with E-state index in [0.717, 1.165) is 4.47 Å². The number of ether oxygens (including phenoxy) is 1. The molecule has 1 rings (SSSR count). The molecule has 1 unspecified atom stereocenters. The zero-order valence-electron chi connectivity index (χ0n) is 11.3. The van der Waals surface area contributed by atoms with Gasteiger partial charge < -0.3 is 10.1 Å². The Morgan fingerprint density at radius 3 is 2.44 bits per heavy atom. The van der Waals surface area contributed by atoms with Crippen LogP contribution < -0.4 is 5.32 Å². The topological polar surface area (TPSA) is 38.3 Å². The molecular formula is C14H20BrNO2. The van der Waals surface area contributed by atoms with E-state index in [4.69, 9.17) is 4.74 Å². The number of carbonyl (C=O) groups excluding carboxylic acids is 1. The van der Waals surface area contributed by atoms with Crippen molar-refractivity contribution in [2.24, 2.45) is 5.41 Å². The van der Waals surface area contributed by atoms with Crippen molar-refractivity contribution in [1.29, 1.82) is 0 Å². The van der Waals surface area contributed by atoms with Crippen LogP contribution in [0, 0.1) is 5.41 Å². The summed E-state index contributed by atoms with van der Waals surface area (Å²) in [6.07, 6.45) is 0. The quantitative estimate of drug-likeness (QED) is 0.848. The van der Waals surface area contributed by atoms with Crippen molar-refractivity contribution in [2.75, 3.05) is 13.7 Å². The Labute approximate surface area is 117 Å². The molecule has 0 spiro atoms. The molecule has 4 heteroatoms. The third kappa shape index (κ3) is 4.10. The Balaban J connectivity index is 2.58. The van der Waals surface area contributed by atoms with Gasteiger partial charge in [-0.05, 0) is 38.5 Å². The lowest BCUT2D eigenvalue weighted by atomic mass is 9.93. The molecular weight excluding hydrogens is 294 g/mol. The minimum Gasteiger partial charge on any atom is -0.469 e. The first-order valence-electron chi connectivity index (χ1n) is 5.94. The number of methoxy groups -OCH3 is 1. The van der Waals surface area contributed by atoms with Gasteiger partial charge in [0.05, 0.1) is 12.5 Å². The number of esters is 1. The number of nitrogens with one attached hydrogen (secondary N) is 1. The van der Waals surface area contributed by atoms with Crippen molar-refractivity contribution in [3.05, 3.63) is 34.3 Å². The SMILES string of the molecule is COC(=O)C(C)(C)CNC(C)c1ccc(Br)cc1. The predicted molar refractivity (Wildman–Crippen MR) is 76.4 cm³/mol. The van der Waals surface area contributed by atoms with E-state index < -0.39 is 5.41 Å². The van der Waals surface area contributed by atoms with E-state index in [0.29, 0.717) is 6.54 Å². The van der Waals surface area contributed by atoms with Crippen molar-refractivity contribution in [1.82, 2.24) is 5.32 Å². The predicted octanol–water partition coefficient (Wildman–Crippen LogP) is 3.30. The van der Waals surface area contributed by atoms with E-state index >= 15 is 0 Å². The van der Waals surface area contributed by atoms with Gasteiger partial charge in [-0.3, -0.25) is 4.79 Å². The molecule has 0 aromatic heterocycles. The highest BCUT2D eigenvalue weighted by atomic mass is 79.9. The molecule has 0 amide bonds. The summed E-state index contributed by atoms with van der Waals surface area (Å²) in [5, 5.41) is 3.36. The molecule has 1 N–H and O–H groups in total. The van der Waals surface area contributed by atoms with E-state index in [2.05, 4.69) is 40.3 Å². The van der Waals surface area contributed by atoms with Crippen LogP contribution in [0.4, 0.5) is 0 Å². The summed E-state index contributed by atoms with van der Waals surface area (Å²) in [5.41, 5.74) is 0.678. The number of halogens is 1. The highest BCUT2D eigenvalue weighted by Gasteiger charge is 2.28. The van der Waals surface area contributed by atoms with Crippen LogP contribution in [0.3, 0.4) is 0 Å². The van der Waals surface area contributed by atoms with E-state index in [-0.39, 0.29) is 12.0 Å². The molecule has 0 aliphatic rings. The normalized spacial score (nSPS) is 13.2. The molecule has 0 aliphatic heterocycles. The number of rotatable bonds is 5. The molecule has 100 valence electrons. The fourth-order valence-corrected chi connectivity index (χ4v) is 1.89. The second kappa shape index (κ2) is 6.34. The Bertz CT molecular complexity index is 401. The van der Waals surface area contributed by atoms with E-state index in [1.165, 1.54) is 12.7 Å². The van der Waals surface area contributed by atoms with E-state index in [1.54, 1.807) is 0 Å². The summed E-state index contributed by atoms with van der Waals surface area (Å²) >= 11 is 3.41. The molecule has 0 fully saturated rings. The van der Waals surface area contributed by atoms with E-state index in [1.807, 2.05) is 26.0 Å². The number of carbonyl (C=O) groups is 1. The van der Waals surface area contributed by atoms with Gasteiger partial charge in [-0.1, -0.05) is 28.1 Å². The molecule has 0 saturated carbocycles. The summed E-state index contributed by atoms with van der Waals surface area (Å²) in [4.78, 5) is 11.6. The Hall–Kier alpha value is -0.870. The van der Waals surface area contributed by atoms with Gasteiger partial charge >= 0.3 is 5.97 Å². The van der Waals surface area contributed by atoms with Gasteiger partial charge in [0.15, 0.2) is 0 Å². The smallest absolute Gasteiger partial charge is 0.312 e. The summed E-state index contributed by atoms with van der Waals surface area (Å²) in [6, 6.07) is 8.35. The van der Waals surface area contributed by atoms with Crippen molar-refractivity contribution in [2.45, 2.75) is 26.8 Å². The highest BCUT2D eigenvalue weighted by molar-refractivity contribution is 9.10. The second-order valence-electron chi connectivity index (χ2n) is 5.03. The van der Waals surface area contributed by atoms with Crippen LogP contribution in [-0.4, -0.2) is 19.6 Å². The van der Waals surface area contributed by atoms with Crippen LogP contribution in [0.15, 0.2) is 28.7 Å². The average Bonchev–Trinajstić information content (AvgIpc) is 2.35. The van der Waals surface area contributed by atoms with Gasteiger partial charge in [-0.2, -0.15) is 0 Å². The Morgan fingerprint density at radius 1 is 1.39 bits per heavy atom. The van der Waals surface area contributed by atoms with Crippen molar-refractivity contribution >= 4 is 21.9 Å². The second-order valence-corrected chi connectivity index (χ2v) is 5.95. The van der Waals surface area contributed by atoms with Crippen LogP contribution in [0.1, 0.15) is 32.4 Å². The van der Waals surface area contributed by atoms with Crippen LogP contribution in [0.5, 0.6) is 0 Å². The lowest BCUT2D eigenvalue weighted by molar-refractivity contribution is -0.150. The Morgan fingerprint density at radius 2 is 1.94 bits per heavy atom. The lowest BCUT2D eigenvalue weighted by Gasteiger charge is -2.24. The van der Waals surface area contributed by atoms with Crippen molar-refractivity contribution in [3.63, 3.8) is 0 Å². The fraction of sp³-hybridized carbons (Fsp3) is 0.500. The third-order valence-corrected chi connectivity index (χ3v) is 3.49. The van der Waals surface area contributed by atoms with Gasteiger partial charge in [0.1, 0.15) is 0 Å². The minimum absolute atomic E-state index is 0.196. The zero-order chi connectivity index (χ0) is 13.8. The first-order chi connectivity index (χ1) is 8.36. The maximum atomic E-state index is 11.6. The fourth-order valence-electron chi connectivity index (χ4n) is 1.63. The third-order valence-electron chi connectivity index (χ3n) is 2.96. The van der Waals surface area contributed by atoms with Crippen LogP contribution in [-0.2, 0) is 9.53 Å². The van der Waals surface area contributed by atoms with Gasteiger partial charge in [-0.25, -0.2) is 0 Å².